The molecule has 2 aromatic carbocycles. The van der Waals surface area contributed by atoms with Crippen LogP contribution in [0.25, 0.3) is 10.9 Å². The second kappa shape index (κ2) is 7.64. The van der Waals surface area contributed by atoms with Crippen LogP contribution in [0.1, 0.15) is 11.1 Å². The van der Waals surface area contributed by atoms with Gasteiger partial charge in [0.15, 0.2) is 0 Å². The molecular weight excluding hydrogens is 358 g/mol. The van der Waals surface area contributed by atoms with Gasteiger partial charge in [-0.1, -0.05) is 23.7 Å². The predicted molar refractivity (Wildman–Crippen MR) is 110 cm³/mol. The number of para-hydroxylation sites is 1. The van der Waals surface area contributed by atoms with Crippen molar-refractivity contribution in [3.8, 4) is 5.75 Å². The molecule has 4 aromatic rings. The van der Waals surface area contributed by atoms with Gasteiger partial charge in [0, 0.05) is 23.5 Å². The Bertz CT molecular complexity index is 1080. The van der Waals surface area contributed by atoms with Gasteiger partial charge in [-0.05, 0) is 66.6 Å². The minimum Gasteiger partial charge on any atom is -0.489 e. The van der Waals surface area contributed by atoms with Crippen LogP contribution in [0.3, 0.4) is 0 Å². The molecule has 2 heterocycles. The summed E-state index contributed by atoms with van der Waals surface area (Å²) in [4.78, 5) is 8.64. The number of halogens is 1. The highest BCUT2D eigenvalue weighted by atomic mass is 35.5. The minimum absolute atomic E-state index is 0.513. The number of aromatic nitrogens is 2. The molecule has 1 N–H and O–H groups in total. The molecule has 0 aliphatic rings. The highest BCUT2D eigenvalue weighted by molar-refractivity contribution is 6.35. The quantitative estimate of drug-likeness (QED) is 0.470. The summed E-state index contributed by atoms with van der Waals surface area (Å²) in [5.41, 5.74) is 3.93. The second-order valence-electron chi connectivity index (χ2n) is 6.25. The molecule has 4 rings (SSSR count). The molecule has 0 spiro atoms. The van der Waals surface area contributed by atoms with Crippen molar-refractivity contribution in [1.82, 2.24) is 9.97 Å². The Labute approximate surface area is 162 Å². The van der Waals surface area contributed by atoms with Gasteiger partial charge in [0.1, 0.15) is 18.2 Å². The van der Waals surface area contributed by atoms with Crippen molar-refractivity contribution < 1.29 is 4.74 Å². The van der Waals surface area contributed by atoms with Crippen molar-refractivity contribution in [2.45, 2.75) is 13.5 Å². The highest BCUT2D eigenvalue weighted by Crippen LogP contribution is 2.27. The summed E-state index contributed by atoms with van der Waals surface area (Å²) in [6.45, 7) is 2.55. The largest absolute Gasteiger partial charge is 0.489 e. The van der Waals surface area contributed by atoms with Gasteiger partial charge in [0.25, 0.3) is 0 Å². The van der Waals surface area contributed by atoms with E-state index in [1.165, 1.54) is 0 Å². The van der Waals surface area contributed by atoms with Crippen LogP contribution in [0.5, 0.6) is 5.75 Å². The van der Waals surface area contributed by atoms with Crippen LogP contribution in [-0.4, -0.2) is 9.97 Å². The Kier molecular flexibility index (Phi) is 4.90. The van der Waals surface area contributed by atoms with Crippen LogP contribution in [0.4, 0.5) is 11.5 Å². The van der Waals surface area contributed by atoms with Gasteiger partial charge >= 0.3 is 0 Å². The molecule has 0 amide bonds. The monoisotopic (exact) mass is 375 g/mol. The van der Waals surface area contributed by atoms with Crippen LogP contribution in [0.15, 0.2) is 73.1 Å². The number of nitrogens with zero attached hydrogens (tertiary/aromatic N) is 2. The zero-order valence-electron chi connectivity index (χ0n) is 14.8. The number of benzene rings is 2. The molecule has 0 saturated carbocycles. The molecule has 0 saturated heterocycles. The topological polar surface area (TPSA) is 47.0 Å². The lowest BCUT2D eigenvalue weighted by molar-refractivity contribution is 0.306. The number of nitrogens with one attached hydrogen (secondary N) is 1. The van der Waals surface area contributed by atoms with Crippen molar-refractivity contribution in [1.29, 1.82) is 0 Å². The lowest BCUT2D eigenvalue weighted by atomic mass is 10.2. The van der Waals surface area contributed by atoms with E-state index >= 15 is 0 Å². The number of rotatable bonds is 5. The van der Waals surface area contributed by atoms with Crippen LogP contribution >= 0.6 is 11.6 Å². The molecule has 27 heavy (non-hydrogen) atoms. The van der Waals surface area contributed by atoms with Crippen LogP contribution < -0.4 is 10.1 Å². The SMILES string of the molecule is Cc1cc(OCc2ccncc2)ccc1Nc1ccc2cccc(Cl)c2n1. The summed E-state index contributed by atoms with van der Waals surface area (Å²) in [5.74, 6) is 1.58. The fourth-order valence-corrected chi connectivity index (χ4v) is 3.05. The summed E-state index contributed by atoms with van der Waals surface area (Å²) >= 11 is 6.26. The summed E-state index contributed by atoms with van der Waals surface area (Å²) in [5, 5.41) is 5.02. The van der Waals surface area contributed by atoms with Gasteiger partial charge in [-0.25, -0.2) is 4.98 Å². The summed E-state index contributed by atoms with van der Waals surface area (Å²) in [6, 6.07) is 19.6. The van der Waals surface area contributed by atoms with Gasteiger partial charge in [0.05, 0.1) is 10.5 Å². The predicted octanol–water partition coefficient (Wildman–Crippen LogP) is 5.91. The smallest absolute Gasteiger partial charge is 0.131 e. The van der Waals surface area contributed by atoms with Crippen LogP contribution in [0, 0.1) is 6.92 Å². The fraction of sp³-hybridized carbons (Fsp3) is 0.0909. The van der Waals surface area contributed by atoms with Gasteiger partial charge in [-0.3, -0.25) is 4.98 Å². The number of pyridine rings is 2. The van der Waals surface area contributed by atoms with E-state index in [0.29, 0.717) is 11.6 Å². The lowest BCUT2D eigenvalue weighted by Gasteiger charge is -2.12. The molecule has 0 aliphatic heterocycles. The normalized spacial score (nSPS) is 10.7. The van der Waals surface area contributed by atoms with Crippen molar-refractivity contribution in [3.63, 3.8) is 0 Å². The van der Waals surface area contributed by atoms with Gasteiger partial charge in [-0.2, -0.15) is 0 Å². The zero-order chi connectivity index (χ0) is 18.6. The summed E-state index contributed by atoms with van der Waals surface area (Å²) < 4.78 is 5.86. The van der Waals surface area contributed by atoms with E-state index in [2.05, 4.69) is 15.3 Å². The molecule has 4 nitrogen and oxygen atoms in total. The maximum atomic E-state index is 6.26. The zero-order valence-corrected chi connectivity index (χ0v) is 15.6. The van der Waals surface area contributed by atoms with Gasteiger partial charge in [-0.15, -0.1) is 0 Å². The van der Waals surface area contributed by atoms with E-state index < -0.39 is 0 Å². The van der Waals surface area contributed by atoms with Crippen LogP contribution in [0.2, 0.25) is 5.02 Å². The third-order valence-corrected chi connectivity index (χ3v) is 4.59. The Morgan fingerprint density at radius 1 is 1.00 bits per heavy atom. The first-order chi connectivity index (χ1) is 13.2. The van der Waals surface area contributed by atoms with E-state index in [-0.39, 0.29) is 0 Å². The average molecular weight is 376 g/mol. The van der Waals surface area contributed by atoms with Crippen molar-refractivity contribution in [2.24, 2.45) is 0 Å². The first-order valence-corrected chi connectivity index (χ1v) is 9.01. The van der Waals surface area contributed by atoms with Crippen molar-refractivity contribution in [2.75, 3.05) is 5.32 Å². The molecule has 0 atom stereocenters. The highest BCUT2D eigenvalue weighted by Gasteiger charge is 2.06. The van der Waals surface area contributed by atoms with E-state index in [1.54, 1.807) is 12.4 Å². The van der Waals surface area contributed by atoms with Crippen LogP contribution in [-0.2, 0) is 6.61 Å². The summed E-state index contributed by atoms with van der Waals surface area (Å²) in [7, 11) is 0. The summed E-state index contributed by atoms with van der Waals surface area (Å²) in [6.07, 6.45) is 3.53. The molecule has 0 bridgehead atoms. The number of ether oxygens (including phenoxy) is 1. The Morgan fingerprint density at radius 2 is 1.85 bits per heavy atom. The average Bonchev–Trinajstić information content (AvgIpc) is 2.70. The van der Waals surface area contributed by atoms with Crippen molar-refractivity contribution in [3.05, 3.63) is 89.2 Å². The van der Waals surface area contributed by atoms with Gasteiger partial charge < -0.3 is 10.1 Å². The first kappa shape index (κ1) is 17.3. The molecule has 0 unspecified atom stereocenters. The van der Waals surface area contributed by atoms with E-state index in [0.717, 1.165) is 39.3 Å². The van der Waals surface area contributed by atoms with E-state index in [4.69, 9.17) is 16.3 Å². The third kappa shape index (κ3) is 4.01. The molecule has 0 radical (unpaired) electrons. The number of aryl methyl sites for hydroxylation is 1. The minimum atomic E-state index is 0.513. The molecule has 134 valence electrons. The molecular formula is C22H18ClN3O. The maximum absolute atomic E-state index is 6.26. The molecule has 0 aliphatic carbocycles. The Balaban J connectivity index is 1.50. The molecule has 2 aromatic heterocycles. The third-order valence-electron chi connectivity index (χ3n) is 4.29. The standard InChI is InChI=1S/C22H18ClN3O/c1-15-13-18(27-14-16-9-11-24-12-10-16)6-7-20(15)25-21-8-5-17-3-2-4-19(23)22(17)26-21/h2-13H,14H2,1H3,(H,25,26). The number of fused-ring (bicyclic) bond motifs is 1. The lowest BCUT2D eigenvalue weighted by Crippen LogP contribution is -1.99. The molecule has 5 heteroatoms. The van der Waals surface area contributed by atoms with Crippen molar-refractivity contribution >= 4 is 34.0 Å². The Hall–Kier alpha value is -3.11. The van der Waals surface area contributed by atoms with E-state index in [9.17, 15) is 0 Å². The first-order valence-electron chi connectivity index (χ1n) is 8.64. The Morgan fingerprint density at radius 3 is 2.67 bits per heavy atom. The second-order valence-corrected chi connectivity index (χ2v) is 6.66. The fourth-order valence-electron chi connectivity index (χ4n) is 2.83. The number of hydrogen-bond donors (Lipinski definition) is 1. The number of anilines is 2. The van der Waals surface area contributed by atoms with E-state index in [1.807, 2.05) is 67.6 Å². The van der Waals surface area contributed by atoms with Gasteiger partial charge in [0.2, 0.25) is 0 Å². The molecule has 0 fully saturated rings. The number of hydrogen-bond acceptors (Lipinski definition) is 4. The maximum Gasteiger partial charge on any atom is 0.131 e.